The Bertz CT molecular complexity index is 1170. The fraction of sp³-hybridized carbons (Fsp3) is 0.0952. The molecule has 0 aliphatic rings. The lowest BCUT2D eigenvalue weighted by Gasteiger charge is -2.08. The van der Waals surface area contributed by atoms with E-state index in [4.69, 9.17) is 0 Å². The molecule has 4 aromatic rings. The highest BCUT2D eigenvalue weighted by Crippen LogP contribution is 2.21. The van der Waals surface area contributed by atoms with Gasteiger partial charge in [0.2, 0.25) is 0 Å². The fourth-order valence-electron chi connectivity index (χ4n) is 3.00. The van der Waals surface area contributed by atoms with Crippen LogP contribution in [0.3, 0.4) is 0 Å². The van der Waals surface area contributed by atoms with Crippen molar-refractivity contribution in [2.45, 2.75) is 13.5 Å². The van der Waals surface area contributed by atoms with Gasteiger partial charge in [0.25, 0.3) is 5.91 Å². The summed E-state index contributed by atoms with van der Waals surface area (Å²) in [6.07, 6.45) is 1.61. The molecule has 2 aromatic heterocycles. The molecule has 0 spiro atoms. The number of hydrogen-bond acceptors (Lipinski definition) is 3. The highest BCUT2D eigenvalue weighted by Gasteiger charge is 2.13. The second kappa shape index (κ2) is 7.19. The second-order valence-corrected chi connectivity index (χ2v) is 6.43. The molecule has 0 saturated carbocycles. The molecule has 0 bridgehead atoms. The van der Waals surface area contributed by atoms with Crippen LogP contribution in [0.15, 0.2) is 60.8 Å². The molecule has 5 nitrogen and oxygen atoms in total. The van der Waals surface area contributed by atoms with Gasteiger partial charge in [0.1, 0.15) is 11.6 Å². The quantitative estimate of drug-likeness (QED) is 0.586. The first-order valence-electron chi connectivity index (χ1n) is 8.65. The summed E-state index contributed by atoms with van der Waals surface area (Å²) in [6.45, 7) is 2.40. The van der Waals surface area contributed by atoms with Crippen LogP contribution in [-0.2, 0) is 6.54 Å². The topological polar surface area (TPSA) is 59.3 Å². The molecule has 0 saturated heterocycles. The summed E-state index contributed by atoms with van der Waals surface area (Å²) in [4.78, 5) is 12.5. The monoisotopic (exact) mass is 378 g/mol. The Morgan fingerprint density at radius 1 is 1.04 bits per heavy atom. The van der Waals surface area contributed by atoms with E-state index in [-0.39, 0.29) is 11.5 Å². The van der Waals surface area contributed by atoms with Gasteiger partial charge < -0.3 is 5.32 Å². The molecule has 0 atom stereocenters. The van der Waals surface area contributed by atoms with E-state index in [2.05, 4.69) is 15.5 Å². The third-order valence-electron chi connectivity index (χ3n) is 4.49. The van der Waals surface area contributed by atoms with Crippen LogP contribution in [0.25, 0.3) is 17.0 Å². The molecule has 1 N–H and O–H groups in total. The van der Waals surface area contributed by atoms with Crippen molar-refractivity contribution in [3.8, 4) is 11.4 Å². The van der Waals surface area contributed by atoms with E-state index in [0.29, 0.717) is 23.6 Å². The van der Waals surface area contributed by atoms with Crippen molar-refractivity contribution in [1.82, 2.24) is 19.9 Å². The number of halogens is 2. The minimum Gasteiger partial charge on any atom is -0.348 e. The van der Waals surface area contributed by atoms with E-state index in [0.717, 1.165) is 17.2 Å². The summed E-state index contributed by atoms with van der Waals surface area (Å²) in [5.74, 6) is -1.34. The first-order chi connectivity index (χ1) is 13.5. The third-order valence-corrected chi connectivity index (χ3v) is 4.49. The molecule has 1 amide bonds. The molecule has 0 radical (unpaired) electrons. The first kappa shape index (κ1) is 17.8. The van der Waals surface area contributed by atoms with Crippen LogP contribution in [0.4, 0.5) is 8.78 Å². The van der Waals surface area contributed by atoms with E-state index in [1.165, 1.54) is 12.1 Å². The van der Waals surface area contributed by atoms with Gasteiger partial charge in [-0.05, 0) is 42.3 Å². The van der Waals surface area contributed by atoms with Gasteiger partial charge in [-0.1, -0.05) is 24.3 Å². The number of amides is 1. The Labute approximate surface area is 159 Å². The van der Waals surface area contributed by atoms with Crippen molar-refractivity contribution in [3.63, 3.8) is 0 Å². The van der Waals surface area contributed by atoms with Gasteiger partial charge in [-0.2, -0.15) is 0 Å². The zero-order valence-corrected chi connectivity index (χ0v) is 15.0. The number of aromatic nitrogens is 3. The predicted octanol–water partition coefficient (Wildman–Crippen LogP) is 3.91. The molecular weight excluding hydrogens is 362 g/mol. The number of rotatable bonds is 4. The molecule has 0 aliphatic carbocycles. The molecule has 140 valence electrons. The van der Waals surface area contributed by atoms with Crippen LogP contribution < -0.4 is 5.32 Å². The lowest BCUT2D eigenvalue weighted by Crippen LogP contribution is -2.23. The molecular formula is C21H16F2N4O. The second-order valence-electron chi connectivity index (χ2n) is 6.43. The van der Waals surface area contributed by atoms with E-state index in [1.54, 1.807) is 22.7 Å². The number of carbonyl (C=O) groups is 1. The number of benzene rings is 2. The Kier molecular flexibility index (Phi) is 4.57. The Morgan fingerprint density at radius 2 is 1.79 bits per heavy atom. The number of hydrogen-bond donors (Lipinski definition) is 1. The SMILES string of the molecule is Cc1ccccc1CNC(=O)c1ccn2c(-c3cc(F)cc(F)c3)nnc2c1. The molecule has 7 heteroatoms. The van der Waals surface area contributed by atoms with Crippen molar-refractivity contribution in [3.05, 3.63) is 89.1 Å². The van der Waals surface area contributed by atoms with E-state index in [1.807, 2.05) is 31.2 Å². The van der Waals surface area contributed by atoms with Gasteiger partial charge in [-0.3, -0.25) is 9.20 Å². The lowest BCUT2D eigenvalue weighted by molar-refractivity contribution is 0.0951. The van der Waals surface area contributed by atoms with Crippen LogP contribution >= 0.6 is 0 Å². The zero-order valence-electron chi connectivity index (χ0n) is 15.0. The molecule has 2 heterocycles. The first-order valence-corrected chi connectivity index (χ1v) is 8.65. The lowest BCUT2D eigenvalue weighted by atomic mass is 10.1. The number of pyridine rings is 1. The maximum atomic E-state index is 13.5. The number of aryl methyl sites for hydroxylation is 1. The summed E-state index contributed by atoms with van der Waals surface area (Å²) >= 11 is 0. The highest BCUT2D eigenvalue weighted by atomic mass is 19.1. The van der Waals surface area contributed by atoms with Gasteiger partial charge in [0.15, 0.2) is 11.5 Å². The summed E-state index contributed by atoms with van der Waals surface area (Å²) in [5.41, 5.74) is 3.23. The number of nitrogens with zero attached hydrogens (tertiary/aromatic N) is 3. The van der Waals surface area contributed by atoms with Crippen molar-refractivity contribution in [2.75, 3.05) is 0 Å². The third kappa shape index (κ3) is 3.46. The number of nitrogens with one attached hydrogen (secondary N) is 1. The maximum absolute atomic E-state index is 13.5. The maximum Gasteiger partial charge on any atom is 0.251 e. The van der Waals surface area contributed by atoms with Crippen LogP contribution in [0, 0.1) is 18.6 Å². The Morgan fingerprint density at radius 3 is 2.54 bits per heavy atom. The van der Waals surface area contributed by atoms with Gasteiger partial charge in [0, 0.05) is 29.9 Å². The van der Waals surface area contributed by atoms with Crippen LogP contribution in [0.2, 0.25) is 0 Å². The molecule has 0 fully saturated rings. The molecule has 28 heavy (non-hydrogen) atoms. The predicted molar refractivity (Wildman–Crippen MR) is 101 cm³/mol. The van der Waals surface area contributed by atoms with Crippen LogP contribution in [0.5, 0.6) is 0 Å². The number of carbonyl (C=O) groups excluding carboxylic acids is 1. The standard InChI is InChI=1S/C21H16F2N4O/c1-13-4-2-3-5-15(13)12-24-21(28)14-6-7-27-19(10-14)25-26-20(27)16-8-17(22)11-18(23)9-16/h2-11H,12H2,1H3,(H,24,28). The van der Waals surface area contributed by atoms with E-state index >= 15 is 0 Å². The average Bonchev–Trinajstić information content (AvgIpc) is 3.09. The average molecular weight is 378 g/mol. The smallest absolute Gasteiger partial charge is 0.251 e. The van der Waals surface area contributed by atoms with Crippen LogP contribution in [0.1, 0.15) is 21.5 Å². The molecule has 2 aromatic carbocycles. The minimum atomic E-state index is -0.695. The molecule has 0 unspecified atom stereocenters. The van der Waals surface area contributed by atoms with Gasteiger partial charge >= 0.3 is 0 Å². The Hall–Kier alpha value is -3.61. The summed E-state index contributed by atoms with van der Waals surface area (Å²) < 4.78 is 28.6. The molecule has 0 aliphatic heterocycles. The minimum absolute atomic E-state index is 0.243. The van der Waals surface area contributed by atoms with Crippen molar-refractivity contribution < 1.29 is 13.6 Å². The van der Waals surface area contributed by atoms with Gasteiger partial charge in [0.05, 0.1) is 0 Å². The van der Waals surface area contributed by atoms with Crippen molar-refractivity contribution >= 4 is 11.6 Å². The highest BCUT2D eigenvalue weighted by molar-refractivity contribution is 5.95. The number of fused-ring (bicyclic) bond motifs is 1. The van der Waals surface area contributed by atoms with Crippen LogP contribution in [-0.4, -0.2) is 20.5 Å². The Balaban J connectivity index is 1.58. The molecule has 4 rings (SSSR count). The zero-order chi connectivity index (χ0) is 19.7. The van der Waals surface area contributed by atoms with Gasteiger partial charge in [-0.15, -0.1) is 10.2 Å². The van der Waals surface area contributed by atoms with E-state index in [9.17, 15) is 13.6 Å². The van der Waals surface area contributed by atoms with Crippen molar-refractivity contribution in [1.29, 1.82) is 0 Å². The van der Waals surface area contributed by atoms with Gasteiger partial charge in [-0.25, -0.2) is 8.78 Å². The fourth-order valence-corrected chi connectivity index (χ4v) is 3.00. The normalized spacial score (nSPS) is 11.0. The summed E-state index contributed by atoms with van der Waals surface area (Å²) in [7, 11) is 0. The van der Waals surface area contributed by atoms with Crippen molar-refractivity contribution in [2.24, 2.45) is 0 Å². The summed E-state index contributed by atoms with van der Waals surface area (Å²) in [6, 6.07) is 14.2. The largest absolute Gasteiger partial charge is 0.348 e. The summed E-state index contributed by atoms with van der Waals surface area (Å²) in [5, 5.41) is 10.9. The van der Waals surface area contributed by atoms with E-state index < -0.39 is 11.6 Å².